The summed E-state index contributed by atoms with van der Waals surface area (Å²) in [5, 5.41) is 0. The van der Waals surface area contributed by atoms with Crippen LogP contribution in [0.25, 0.3) is 11.3 Å². The third kappa shape index (κ3) is 2.59. The summed E-state index contributed by atoms with van der Waals surface area (Å²) < 4.78 is 37.8. The number of hydrogen-bond acceptors (Lipinski definition) is 2. The molecule has 0 saturated heterocycles. The second kappa shape index (κ2) is 4.33. The van der Waals surface area contributed by atoms with Gasteiger partial charge in [-0.1, -0.05) is 6.07 Å². The molecule has 1 aliphatic rings. The van der Waals surface area contributed by atoms with Crippen molar-refractivity contribution in [1.82, 2.24) is 9.97 Å². The molecule has 5 heteroatoms. The predicted molar refractivity (Wildman–Crippen MR) is 64.4 cm³/mol. The molecule has 2 heterocycles. The first-order valence-electron chi connectivity index (χ1n) is 6.02. The molecule has 1 fully saturated rings. The van der Waals surface area contributed by atoms with Crippen molar-refractivity contribution < 1.29 is 13.2 Å². The van der Waals surface area contributed by atoms with Gasteiger partial charge in [0, 0.05) is 24.2 Å². The minimum absolute atomic E-state index is 0.386. The van der Waals surface area contributed by atoms with Gasteiger partial charge in [0.25, 0.3) is 0 Å². The molecule has 0 amide bonds. The van der Waals surface area contributed by atoms with Crippen LogP contribution in [0, 0.1) is 0 Å². The van der Waals surface area contributed by atoms with Crippen molar-refractivity contribution in [3.8, 4) is 11.3 Å². The van der Waals surface area contributed by atoms with Crippen LogP contribution in [0.4, 0.5) is 13.2 Å². The Labute approximate surface area is 108 Å². The van der Waals surface area contributed by atoms with Crippen molar-refractivity contribution >= 4 is 0 Å². The number of aromatic nitrogens is 2. The van der Waals surface area contributed by atoms with Crippen LogP contribution in [0.1, 0.15) is 29.9 Å². The molecule has 0 bridgehead atoms. The summed E-state index contributed by atoms with van der Waals surface area (Å²) in [5.41, 5.74) is 1.31. The maximum atomic E-state index is 12.6. The smallest absolute Gasteiger partial charge is 0.263 e. The standard InChI is InChI=1S/C14H11F3N2/c15-14(16,17)12-5-11(6-18-8-12)13-4-3-10(7-19-13)9-1-2-9/h3-9H,1-2H2. The summed E-state index contributed by atoms with van der Waals surface area (Å²) in [7, 11) is 0. The molecule has 0 aromatic carbocycles. The molecule has 0 atom stereocenters. The lowest BCUT2D eigenvalue weighted by atomic mass is 10.1. The Hall–Kier alpha value is -1.91. The summed E-state index contributed by atoms with van der Waals surface area (Å²) in [5.74, 6) is 0.584. The number of alkyl halides is 3. The van der Waals surface area contributed by atoms with Gasteiger partial charge in [-0.25, -0.2) is 0 Å². The average molecular weight is 264 g/mol. The van der Waals surface area contributed by atoms with Crippen molar-refractivity contribution in [2.24, 2.45) is 0 Å². The zero-order chi connectivity index (χ0) is 13.5. The topological polar surface area (TPSA) is 25.8 Å². The van der Waals surface area contributed by atoms with Crippen LogP contribution in [-0.2, 0) is 6.18 Å². The van der Waals surface area contributed by atoms with Gasteiger partial charge >= 0.3 is 6.18 Å². The van der Waals surface area contributed by atoms with E-state index in [9.17, 15) is 13.2 Å². The largest absolute Gasteiger partial charge is 0.417 e. The summed E-state index contributed by atoms with van der Waals surface area (Å²) >= 11 is 0. The molecule has 1 saturated carbocycles. The van der Waals surface area contributed by atoms with Crippen molar-refractivity contribution in [3.63, 3.8) is 0 Å². The molecule has 0 unspecified atom stereocenters. The quantitative estimate of drug-likeness (QED) is 0.818. The fraction of sp³-hybridized carbons (Fsp3) is 0.286. The lowest BCUT2D eigenvalue weighted by Gasteiger charge is -2.08. The Morgan fingerprint density at radius 3 is 2.42 bits per heavy atom. The van der Waals surface area contributed by atoms with Gasteiger partial charge in [0.15, 0.2) is 0 Å². The molecule has 2 aromatic rings. The highest BCUT2D eigenvalue weighted by Gasteiger charge is 2.31. The fourth-order valence-corrected chi connectivity index (χ4v) is 1.97. The first-order valence-corrected chi connectivity index (χ1v) is 6.02. The van der Waals surface area contributed by atoms with Crippen LogP contribution in [0.15, 0.2) is 36.8 Å². The number of halogens is 3. The molecule has 0 radical (unpaired) electrons. The van der Waals surface area contributed by atoms with Crippen LogP contribution >= 0.6 is 0 Å². The molecular weight excluding hydrogens is 253 g/mol. The Kier molecular flexibility index (Phi) is 2.77. The molecule has 98 valence electrons. The van der Waals surface area contributed by atoms with Gasteiger partial charge in [-0.05, 0) is 36.5 Å². The van der Waals surface area contributed by atoms with E-state index in [-0.39, 0.29) is 0 Å². The van der Waals surface area contributed by atoms with E-state index < -0.39 is 11.7 Å². The van der Waals surface area contributed by atoms with Gasteiger partial charge in [-0.15, -0.1) is 0 Å². The van der Waals surface area contributed by atoms with Gasteiger partial charge in [0.05, 0.1) is 11.3 Å². The maximum absolute atomic E-state index is 12.6. The van der Waals surface area contributed by atoms with Crippen molar-refractivity contribution in [1.29, 1.82) is 0 Å². The van der Waals surface area contributed by atoms with E-state index in [0.717, 1.165) is 17.8 Å². The predicted octanol–water partition coefficient (Wildman–Crippen LogP) is 4.04. The Balaban J connectivity index is 1.92. The number of pyridine rings is 2. The summed E-state index contributed by atoms with van der Waals surface area (Å²) in [4.78, 5) is 7.86. The van der Waals surface area contributed by atoms with Gasteiger partial charge in [-0.3, -0.25) is 9.97 Å². The summed E-state index contributed by atoms with van der Waals surface area (Å²) in [6, 6.07) is 4.76. The van der Waals surface area contributed by atoms with E-state index in [2.05, 4.69) is 9.97 Å². The molecule has 0 aliphatic heterocycles. The monoisotopic (exact) mass is 264 g/mol. The van der Waals surface area contributed by atoms with Crippen molar-refractivity contribution in [2.75, 3.05) is 0 Å². The minimum atomic E-state index is -4.38. The molecule has 0 N–H and O–H groups in total. The van der Waals surface area contributed by atoms with E-state index >= 15 is 0 Å². The Morgan fingerprint density at radius 2 is 1.84 bits per heavy atom. The highest BCUT2D eigenvalue weighted by Crippen LogP contribution is 2.40. The van der Waals surface area contributed by atoms with Crippen LogP contribution in [0.3, 0.4) is 0 Å². The second-order valence-corrected chi connectivity index (χ2v) is 4.71. The highest BCUT2D eigenvalue weighted by atomic mass is 19.4. The van der Waals surface area contributed by atoms with Crippen molar-refractivity contribution in [2.45, 2.75) is 24.9 Å². The van der Waals surface area contributed by atoms with Crippen LogP contribution in [-0.4, -0.2) is 9.97 Å². The molecule has 19 heavy (non-hydrogen) atoms. The SMILES string of the molecule is FC(F)(F)c1cncc(-c2ccc(C3CC3)cn2)c1. The zero-order valence-corrected chi connectivity index (χ0v) is 9.98. The van der Waals surface area contributed by atoms with Crippen LogP contribution < -0.4 is 0 Å². The lowest BCUT2D eigenvalue weighted by Crippen LogP contribution is -2.05. The number of hydrogen-bond donors (Lipinski definition) is 0. The van der Waals surface area contributed by atoms with Gasteiger partial charge in [0.2, 0.25) is 0 Å². The Bertz CT molecular complexity index is 586. The molecule has 0 spiro atoms. The molecular formula is C14H11F3N2. The van der Waals surface area contributed by atoms with E-state index in [1.807, 2.05) is 6.07 Å². The summed E-state index contributed by atoms with van der Waals surface area (Å²) in [6.07, 6.45) is 1.93. The van der Waals surface area contributed by atoms with Gasteiger partial charge < -0.3 is 0 Å². The first-order chi connectivity index (χ1) is 9.04. The Morgan fingerprint density at radius 1 is 1.05 bits per heavy atom. The average Bonchev–Trinajstić information content (AvgIpc) is 3.22. The highest BCUT2D eigenvalue weighted by molar-refractivity contribution is 5.59. The molecule has 2 aromatic heterocycles. The third-order valence-corrected chi connectivity index (χ3v) is 3.20. The fourth-order valence-electron chi connectivity index (χ4n) is 1.97. The lowest BCUT2D eigenvalue weighted by molar-refractivity contribution is -0.137. The van der Waals surface area contributed by atoms with Crippen LogP contribution in [0.5, 0.6) is 0 Å². The van der Waals surface area contributed by atoms with E-state index in [1.165, 1.54) is 19.0 Å². The number of nitrogens with zero attached hydrogens (tertiary/aromatic N) is 2. The normalized spacial score (nSPS) is 15.5. The molecule has 2 nitrogen and oxygen atoms in total. The van der Waals surface area contributed by atoms with Gasteiger partial charge in [0.1, 0.15) is 0 Å². The minimum Gasteiger partial charge on any atom is -0.263 e. The first kappa shape index (κ1) is 12.1. The van der Waals surface area contributed by atoms with E-state index in [1.54, 1.807) is 12.3 Å². The van der Waals surface area contributed by atoms with Crippen LogP contribution in [0.2, 0.25) is 0 Å². The third-order valence-electron chi connectivity index (χ3n) is 3.20. The molecule has 3 rings (SSSR count). The number of rotatable bonds is 2. The second-order valence-electron chi connectivity index (χ2n) is 4.71. The van der Waals surface area contributed by atoms with Crippen molar-refractivity contribution in [3.05, 3.63) is 47.9 Å². The summed E-state index contributed by atoms with van der Waals surface area (Å²) in [6.45, 7) is 0. The van der Waals surface area contributed by atoms with E-state index in [4.69, 9.17) is 0 Å². The van der Waals surface area contributed by atoms with Gasteiger partial charge in [-0.2, -0.15) is 13.2 Å². The maximum Gasteiger partial charge on any atom is 0.417 e. The molecule has 1 aliphatic carbocycles. The van der Waals surface area contributed by atoms with E-state index in [0.29, 0.717) is 17.2 Å². The zero-order valence-electron chi connectivity index (χ0n) is 9.98.